The predicted molar refractivity (Wildman–Crippen MR) is 97.3 cm³/mol. The highest BCUT2D eigenvalue weighted by atomic mass is 16.3. The highest BCUT2D eigenvalue weighted by Crippen LogP contribution is 2.41. The monoisotopic (exact) mass is 350 g/mol. The molecule has 0 amide bonds. The average molecular weight is 350 g/mol. The lowest BCUT2D eigenvalue weighted by Crippen LogP contribution is -2.28. The Bertz CT molecular complexity index is 900. The van der Waals surface area contributed by atoms with Gasteiger partial charge in [-0.1, -0.05) is 24.3 Å². The maximum Gasteiger partial charge on any atom is 0.198 e. The second-order valence-corrected chi connectivity index (χ2v) is 6.03. The van der Waals surface area contributed by atoms with Crippen molar-refractivity contribution in [2.45, 2.75) is 12.1 Å². The minimum Gasteiger partial charge on any atom is -0.507 e. The van der Waals surface area contributed by atoms with Crippen molar-refractivity contribution in [1.29, 1.82) is 0 Å². The van der Waals surface area contributed by atoms with Crippen LogP contribution in [0.25, 0.3) is 0 Å². The predicted octanol–water partition coefficient (Wildman–Crippen LogP) is 2.24. The zero-order valence-corrected chi connectivity index (χ0v) is 13.9. The van der Waals surface area contributed by atoms with Crippen LogP contribution in [0.15, 0.2) is 49.6 Å². The van der Waals surface area contributed by atoms with E-state index in [4.69, 9.17) is 11.5 Å². The molecule has 0 spiro atoms. The topological polar surface area (TPSA) is 127 Å². The molecule has 6 heteroatoms. The molecule has 1 aliphatic carbocycles. The van der Waals surface area contributed by atoms with Crippen LogP contribution in [-0.4, -0.2) is 21.8 Å². The van der Waals surface area contributed by atoms with Crippen LogP contribution in [0.4, 0.5) is 0 Å². The normalized spacial score (nSPS) is 15.0. The van der Waals surface area contributed by atoms with Gasteiger partial charge < -0.3 is 21.7 Å². The van der Waals surface area contributed by atoms with E-state index in [-0.39, 0.29) is 22.3 Å². The lowest BCUT2D eigenvalue weighted by Gasteiger charge is -2.26. The highest BCUT2D eigenvalue weighted by Gasteiger charge is 2.38. The van der Waals surface area contributed by atoms with Crippen molar-refractivity contribution in [2.24, 2.45) is 11.5 Å². The molecule has 3 rings (SSSR count). The van der Waals surface area contributed by atoms with Crippen molar-refractivity contribution in [1.82, 2.24) is 0 Å². The van der Waals surface area contributed by atoms with Gasteiger partial charge in [0.2, 0.25) is 0 Å². The van der Waals surface area contributed by atoms with Crippen molar-refractivity contribution >= 4 is 11.6 Å². The van der Waals surface area contributed by atoms with Crippen LogP contribution in [0.1, 0.15) is 55.1 Å². The smallest absolute Gasteiger partial charge is 0.198 e. The van der Waals surface area contributed by atoms with Crippen molar-refractivity contribution in [2.75, 3.05) is 0 Å². The van der Waals surface area contributed by atoms with Gasteiger partial charge >= 0.3 is 0 Å². The van der Waals surface area contributed by atoms with E-state index in [1.807, 2.05) is 0 Å². The van der Waals surface area contributed by atoms with Gasteiger partial charge in [-0.15, -0.1) is 13.2 Å². The first-order valence-corrected chi connectivity index (χ1v) is 7.90. The summed E-state index contributed by atoms with van der Waals surface area (Å²) in [5, 5.41) is 20.3. The molecule has 0 radical (unpaired) electrons. The van der Waals surface area contributed by atoms with E-state index in [1.54, 1.807) is 12.1 Å². The Morgan fingerprint density at radius 1 is 0.731 bits per heavy atom. The van der Waals surface area contributed by atoms with E-state index in [0.717, 1.165) is 12.1 Å². The summed E-state index contributed by atoms with van der Waals surface area (Å²) in [6.45, 7) is 7.26. The first-order chi connectivity index (χ1) is 12.3. The largest absolute Gasteiger partial charge is 0.507 e. The quantitative estimate of drug-likeness (QED) is 0.422. The molecular formula is C20H18N2O4. The van der Waals surface area contributed by atoms with E-state index in [1.165, 1.54) is 12.2 Å². The van der Waals surface area contributed by atoms with E-state index in [9.17, 15) is 19.8 Å². The second kappa shape index (κ2) is 6.25. The van der Waals surface area contributed by atoms with Gasteiger partial charge in [0.15, 0.2) is 11.6 Å². The Morgan fingerprint density at radius 3 is 1.38 bits per heavy atom. The Labute approximate surface area is 150 Å². The summed E-state index contributed by atoms with van der Waals surface area (Å²) >= 11 is 0. The molecule has 6 nitrogen and oxygen atoms in total. The molecule has 2 aromatic rings. The molecular weight excluding hydrogens is 332 g/mol. The lowest BCUT2D eigenvalue weighted by molar-refractivity contribution is 0.0972. The molecule has 2 aromatic carbocycles. The van der Waals surface area contributed by atoms with Gasteiger partial charge in [-0.2, -0.15) is 0 Å². The summed E-state index contributed by atoms with van der Waals surface area (Å²) in [5.41, 5.74) is 12.5. The van der Waals surface area contributed by atoms with Crippen LogP contribution < -0.4 is 11.5 Å². The molecule has 0 saturated carbocycles. The first kappa shape index (κ1) is 17.6. The lowest BCUT2D eigenvalue weighted by atomic mass is 9.76. The third-order valence-electron chi connectivity index (χ3n) is 4.57. The van der Waals surface area contributed by atoms with E-state index in [2.05, 4.69) is 13.2 Å². The number of hydrogen-bond acceptors (Lipinski definition) is 6. The number of aromatic hydroxyl groups is 2. The SMILES string of the molecule is C=CC(N)c1ccc(C(N)C=C)c2c1C(=O)c1c(O)ccc(O)c1C2=O. The number of phenols is 2. The van der Waals surface area contributed by atoms with Crippen LogP contribution in [0.2, 0.25) is 0 Å². The number of benzene rings is 2. The van der Waals surface area contributed by atoms with Crippen molar-refractivity contribution in [3.05, 3.63) is 83.0 Å². The summed E-state index contributed by atoms with van der Waals surface area (Å²) in [7, 11) is 0. The molecule has 0 saturated heterocycles. The molecule has 132 valence electrons. The van der Waals surface area contributed by atoms with E-state index < -0.39 is 35.1 Å². The zero-order valence-electron chi connectivity index (χ0n) is 13.9. The number of rotatable bonds is 4. The van der Waals surface area contributed by atoms with Gasteiger partial charge in [0.05, 0.1) is 11.1 Å². The van der Waals surface area contributed by atoms with E-state index in [0.29, 0.717) is 11.1 Å². The number of ketones is 2. The zero-order chi connectivity index (χ0) is 19.2. The van der Waals surface area contributed by atoms with Gasteiger partial charge in [-0.05, 0) is 23.3 Å². The number of fused-ring (bicyclic) bond motifs is 2. The minimum atomic E-state index is -0.699. The summed E-state index contributed by atoms with van der Waals surface area (Å²) in [6.07, 6.45) is 2.89. The van der Waals surface area contributed by atoms with Gasteiger partial charge in [-0.25, -0.2) is 0 Å². The molecule has 0 fully saturated rings. The van der Waals surface area contributed by atoms with Gasteiger partial charge in [0.25, 0.3) is 0 Å². The number of nitrogens with two attached hydrogens (primary N) is 2. The third kappa shape index (κ3) is 2.35. The van der Waals surface area contributed by atoms with Gasteiger partial charge in [0, 0.05) is 23.2 Å². The fourth-order valence-electron chi connectivity index (χ4n) is 3.22. The average Bonchev–Trinajstić information content (AvgIpc) is 2.65. The van der Waals surface area contributed by atoms with Crippen LogP contribution in [-0.2, 0) is 0 Å². The summed E-state index contributed by atoms with van der Waals surface area (Å²) in [5.74, 6) is -1.99. The summed E-state index contributed by atoms with van der Waals surface area (Å²) in [6, 6.07) is 4.15. The van der Waals surface area contributed by atoms with E-state index >= 15 is 0 Å². The molecule has 0 aliphatic heterocycles. The molecule has 2 atom stereocenters. The molecule has 6 N–H and O–H groups in total. The fraction of sp³-hybridized carbons (Fsp3) is 0.100. The molecule has 0 aromatic heterocycles. The Morgan fingerprint density at radius 2 is 1.08 bits per heavy atom. The van der Waals surface area contributed by atoms with Gasteiger partial charge in [0.1, 0.15) is 11.5 Å². The van der Waals surface area contributed by atoms with Crippen LogP contribution >= 0.6 is 0 Å². The second-order valence-electron chi connectivity index (χ2n) is 6.03. The standard InChI is InChI=1S/C20H18N2O4/c1-3-11(21)9-5-6-10(12(22)4-2)16-15(9)19(25)17-13(23)7-8-14(24)18(17)20(16)26/h3-8,11-12,23-24H,1-2,21-22H2. The van der Waals surface area contributed by atoms with Crippen LogP contribution in [0.3, 0.4) is 0 Å². The maximum absolute atomic E-state index is 13.2. The number of hydrogen-bond donors (Lipinski definition) is 4. The summed E-state index contributed by atoms with van der Waals surface area (Å²) < 4.78 is 0. The number of carbonyl (C=O) groups is 2. The number of carbonyl (C=O) groups excluding carboxylic acids is 2. The Kier molecular flexibility index (Phi) is 4.23. The van der Waals surface area contributed by atoms with Crippen molar-refractivity contribution < 1.29 is 19.8 Å². The molecule has 2 unspecified atom stereocenters. The van der Waals surface area contributed by atoms with Crippen LogP contribution in [0, 0.1) is 0 Å². The van der Waals surface area contributed by atoms with Crippen molar-refractivity contribution in [3.63, 3.8) is 0 Å². The highest BCUT2D eigenvalue weighted by molar-refractivity contribution is 6.31. The molecule has 0 heterocycles. The Balaban J connectivity index is 2.45. The summed E-state index contributed by atoms with van der Waals surface area (Å²) in [4.78, 5) is 26.3. The van der Waals surface area contributed by atoms with Gasteiger partial charge in [-0.3, -0.25) is 9.59 Å². The van der Waals surface area contributed by atoms with Crippen LogP contribution in [0.5, 0.6) is 11.5 Å². The molecule has 26 heavy (non-hydrogen) atoms. The first-order valence-electron chi connectivity index (χ1n) is 7.90. The third-order valence-corrected chi connectivity index (χ3v) is 4.57. The molecule has 1 aliphatic rings. The molecule has 0 bridgehead atoms. The minimum absolute atomic E-state index is 0.0607. The maximum atomic E-state index is 13.2. The fourth-order valence-corrected chi connectivity index (χ4v) is 3.22. The number of phenolic OH excluding ortho intramolecular Hbond substituents is 2. The Hall–Kier alpha value is -3.22. The van der Waals surface area contributed by atoms with Crippen molar-refractivity contribution in [3.8, 4) is 11.5 Å².